The van der Waals surface area contributed by atoms with Gasteiger partial charge in [-0.3, -0.25) is 0 Å². The average molecular weight is 485 g/mol. The normalized spacial score (nSPS) is 17.3. The largest absolute Gasteiger partial charge is 0.504 e. The molecule has 1 N–H and O–H groups in total. The van der Waals surface area contributed by atoms with E-state index in [2.05, 4.69) is 33.8 Å². The van der Waals surface area contributed by atoms with E-state index in [1.165, 1.54) is 7.11 Å². The highest BCUT2D eigenvalue weighted by Crippen LogP contribution is 2.52. The van der Waals surface area contributed by atoms with Crippen LogP contribution in [0.3, 0.4) is 0 Å². The van der Waals surface area contributed by atoms with Gasteiger partial charge >= 0.3 is 0 Å². The topological polar surface area (TPSA) is 66.4 Å². The molecule has 0 saturated carbocycles. The summed E-state index contributed by atoms with van der Waals surface area (Å²) in [5.74, 6) is 3.00. The van der Waals surface area contributed by atoms with E-state index in [0.717, 1.165) is 36.1 Å². The molecular weight excluding hydrogens is 444 g/mol. The predicted octanol–water partition coefficient (Wildman–Crippen LogP) is 6.72. The van der Waals surface area contributed by atoms with Crippen molar-refractivity contribution in [2.75, 3.05) is 34.0 Å². The Balaban J connectivity index is 1.87. The van der Waals surface area contributed by atoms with Crippen LogP contribution in [0.25, 0.3) is 6.08 Å². The summed E-state index contributed by atoms with van der Waals surface area (Å²) in [5, 5.41) is 10.1. The number of hydrogen-bond donors (Lipinski definition) is 1. The lowest BCUT2D eigenvalue weighted by atomic mass is 9.98. The van der Waals surface area contributed by atoms with Gasteiger partial charge in [0.2, 0.25) is 0 Å². The van der Waals surface area contributed by atoms with Gasteiger partial charge < -0.3 is 28.8 Å². The molecule has 1 aliphatic rings. The number of phenols is 1. The van der Waals surface area contributed by atoms with E-state index >= 15 is 0 Å². The van der Waals surface area contributed by atoms with Crippen molar-refractivity contribution in [1.82, 2.24) is 0 Å². The Kier molecular flexibility index (Phi) is 9.87. The molecule has 6 nitrogen and oxygen atoms in total. The molecule has 2 aromatic rings. The summed E-state index contributed by atoms with van der Waals surface area (Å²) >= 11 is 0. The van der Waals surface area contributed by atoms with Gasteiger partial charge in [0, 0.05) is 18.8 Å². The molecule has 0 bridgehead atoms. The maximum absolute atomic E-state index is 10.1. The second-order valence-corrected chi connectivity index (χ2v) is 9.74. The predicted molar refractivity (Wildman–Crippen MR) is 138 cm³/mol. The van der Waals surface area contributed by atoms with Crippen molar-refractivity contribution in [3.8, 4) is 23.0 Å². The van der Waals surface area contributed by atoms with Gasteiger partial charge in [0.05, 0.1) is 20.8 Å². The minimum absolute atomic E-state index is 0.0876. The molecule has 2 aromatic carbocycles. The number of benzene rings is 2. The zero-order chi connectivity index (χ0) is 25.4. The van der Waals surface area contributed by atoms with Crippen LogP contribution in [0.2, 0.25) is 0 Å². The van der Waals surface area contributed by atoms with Gasteiger partial charge in [0.25, 0.3) is 0 Å². The van der Waals surface area contributed by atoms with Crippen molar-refractivity contribution in [3.63, 3.8) is 0 Å². The molecule has 6 heteroatoms. The van der Waals surface area contributed by atoms with Crippen LogP contribution in [-0.2, 0) is 9.47 Å². The van der Waals surface area contributed by atoms with Crippen LogP contribution in [0.15, 0.2) is 36.4 Å². The van der Waals surface area contributed by atoms with E-state index < -0.39 is 0 Å². The second-order valence-electron chi connectivity index (χ2n) is 9.74. The number of phenolic OH excluding ortho intramolecular Hbond substituents is 1. The summed E-state index contributed by atoms with van der Waals surface area (Å²) in [7, 11) is 3.18. The van der Waals surface area contributed by atoms with Crippen LogP contribution in [0.5, 0.6) is 23.0 Å². The summed E-state index contributed by atoms with van der Waals surface area (Å²) in [4.78, 5) is 0. The highest BCUT2D eigenvalue weighted by atomic mass is 16.6. The van der Waals surface area contributed by atoms with E-state index in [-0.39, 0.29) is 18.0 Å². The molecule has 1 heterocycles. The first-order valence-electron chi connectivity index (χ1n) is 12.4. The van der Waals surface area contributed by atoms with Crippen molar-refractivity contribution in [2.24, 2.45) is 11.8 Å². The number of methoxy groups -OCH3 is 2. The van der Waals surface area contributed by atoms with Gasteiger partial charge in [0.1, 0.15) is 6.10 Å². The number of ether oxygens (including phenoxy) is 5. The quantitative estimate of drug-likeness (QED) is 0.318. The molecule has 1 aliphatic heterocycles. The van der Waals surface area contributed by atoms with E-state index in [9.17, 15) is 5.11 Å². The molecular formula is C29H40O6. The summed E-state index contributed by atoms with van der Waals surface area (Å²) in [5.41, 5.74) is 2.81. The number of rotatable bonds is 13. The summed E-state index contributed by atoms with van der Waals surface area (Å²) in [6.45, 7) is 10.7. The first-order valence-corrected chi connectivity index (χ1v) is 12.4. The molecule has 192 valence electrons. The zero-order valence-corrected chi connectivity index (χ0v) is 21.9. The monoisotopic (exact) mass is 484 g/mol. The first-order chi connectivity index (χ1) is 16.8. The van der Waals surface area contributed by atoms with Crippen LogP contribution in [0, 0.1) is 11.8 Å². The van der Waals surface area contributed by atoms with E-state index in [0.29, 0.717) is 42.3 Å². The second kappa shape index (κ2) is 12.8. The third kappa shape index (κ3) is 7.15. The molecule has 0 unspecified atom stereocenters. The lowest BCUT2D eigenvalue weighted by Crippen LogP contribution is -2.14. The Bertz CT molecular complexity index is 981. The van der Waals surface area contributed by atoms with Gasteiger partial charge in [-0.15, -0.1) is 0 Å². The average Bonchev–Trinajstić information content (AvgIpc) is 3.19. The fourth-order valence-electron chi connectivity index (χ4n) is 3.96. The zero-order valence-electron chi connectivity index (χ0n) is 21.9. The summed E-state index contributed by atoms with van der Waals surface area (Å²) in [6, 6.07) is 9.33. The van der Waals surface area contributed by atoms with Crippen molar-refractivity contribution in [3.05, 3.63) is 53.1 Å². The van der Waals surface area contributed by atoms with E-state index in [1.54, 1.807) is 19.2 Å². The highest BCUT2D eigenvalue weighted by Gasteiger charge is 2.39. The fraction of sp³-hybridized carbons (Fsp3) is 0.517. The van der Waals surface area contributed by atoms with E-state index in [4.69, 9.17) is 23.7 Å². The summed E-state index contributed by atoms with van der Waals surface area (Å²) < 4.78 is 29.6. The van der Waals surface area contributed by atoms with Crippen molar-refractivity contribution in [2.45, 2.75) is 52.7 Å². The summed E-state index contributed by atoms with van der Waals surface area (Å²) in [6.07, 6.45) is 5.36. The Morgan fingerprint density at radius 3 is 2.34 bits per heavy atom. The molecule has 2 atom stereocenters. The van der Waals surface area contributed by atoms with Crippen LogP contribution >= 0.6 is 0 Å². The lowest BCUT2D eigenvalue weighted by molar-refractivity contribution is -0.0107. The maximum atomic E-state index is 10.1. The Hall–Kier alpha value is -2.70. The molecule has 0 radical (unpaired) electrons. The van der Waals surface area contributed by atoms with Gasteiger partial charge in [0.15, 0.2) is 29.1 Å². The molecule has 0 aliphatic carbocycles. The smallest absolute Gasteiger partial charge is 0.168 e. The van der Waals surface area contributed by atoms with Crippen molar-refractivity contribution >= 4 is 6.08 Å². The maximum Gasteiger partial charge on any atom is 0.168 e. The number of fused-ring (bicyclic) bond motifs is 1. The Morgan fingerprint density at radius 2 is 1.66 bits per heavy atom. The van der Waals surface area contributed by atoms with Crippen LogP contribution in [0.1, 0.15) is 69.4 Å². The standard InChI is InChI=1S/C29H40O6/c1-19(2)11-14-33-13-7-8-21-16-23-28(26(17-21)32-6)35-27(29(23)34-15-12-20(3)4)22-9-10-24(30)25(18-22)31-5/h7-10,16-20,27,29-30H,11-15H2,1-6H3/t27-,29+/m0/s1. The third-order valence-electron chi connectivity index (χ3n) is 6.04. The minimum atomic E-state index is -0.390. The van der Waals surface area contributed by atoms with Crippen molar-refractivity contribution < 1.29 is 28.8 Å². The molecule has 0 amide bonds. The molecule has 0 fully saturated rings. The minimum Gasteiger partial charge on any atom is -0.504 e. The van der Waals surface area contributed by atoms with Gasteiger partial charge in [-0.1, -0.05) is 45.9 Å². The molecule has 0 saturated heterocycles. The molecule has 3 rings (SSSR count). The van der Waals surface area contributed by atoms with Gasteiger partial charge in [-0.25, -0.2) is 0 Å². The highest BCUT2D eigenvalue weighted by molar-refractivity contribution is 5.62. The third-order valence-corrected chi connectivity index (χ3v) is 6.04. The number of hydrogen-bond acceptors (Lipinski definition) is 6. The van der Waals surface area contributed by atoms with Crippen LogP contribution in [0.4, 0.5) is 0 Å². The lowest BCUT2D eigenvalue weighted by Gasteiger charge is -2.21. The molecule has 0 aromatic heterocycles. The number of aromatic hydroxyl groups is 1. The van der Waals surface area contributed by atoms with Gasteiger partial charge in [-0.2, -0.15) is 0 Å². The van der Waals surface area contributed by atoms with Crippen LogP contribution < -0.4 is 14.2 Å². The van der Waals surface area contributed by atoms with Crippen LogP contribution in [-0.4, -0.2) is 39.1 Å². The van der Waals surface area contributed by atoms with Crippen molar-refractivity contribution in [1.29, 1.82) is 0 Å². The van der Waals surface area contributed by atoms with Gasteiger partial charge in [-0.05, 0) is 60.1 Å². The van der Waals surface area contributed by atoms with E-state index in [1.807, 2.05) is 24.3 Å². The molecule has 0 spiro atoms. The molecule has 35 heavy (non-hydrogen) atoms. The first kappa shape index (κ1) is 26.9. The Morgan fingerprint density at radius 1 is 0.943 bits per heavy atom. The fourth-order valence-corrected chi connectivity index (χ4v) is 3.96. The Labute approximate surface area is 209 Å². The SMILES string of the molecule is COc1cc([C@@H]2Oc3c(OC)cc(C=CCOCCC(C)C)cc3[C@H]2OCCC(C)C)ccc1O.